The van der Waals surface area contributed by atoms with Crippen molar-refractivity contribution in [2.45, 2.75) is 26.9 Å². The van der Waals surface area contributed by atoms with Crippen LogP contribution < -0.4 is 15.6 Å². The molecule has 0 aliphatic heterocycles. The van der Waals surface area contributed by atoms with E-state index in [-0.39, 0.29) is 18.0 Å². The first kappa shape index (κ1) is 18.2. The molecular weight excluding hydrogens is 378 g/mol. The highest BCUT2D eigenvalue weighted by atomic mass is 32.1. The topological polar surface area (TPSA) is 90.5 Å². The second kappa shape index (κ2) is 7.08. The van der Waals surface area contributed by atoms with Crippen molar-refractivity contribution in [1.29, 1.82) is 0 Å². The molecule has 0 fully saturated rings. The van der Waals surface area contributed by atoms with E-state index in [1.165, 1.54) is 15.9 Å². The lowest BCUT2D eigenvalue weighted by Crippen LogP contribution is -2.29. The molecule has 0 saturated heterocycles. The van der Waals surface area contributed by atoms with Crippen LogP contribution in [0.5, 0.6) is 5.75 Å². The van der Waals surface area contributed by atoms with Crippen molar-refractivity contribution < 1.29 is 9.53 Å². The minimum Gasteiger partial charge on any atom is -0.497 e. The number of fused-ring (bicyclic) bond motifs is 2. The van der Waals surface area contributed by atoms with Crippen LogP contribution in [0.15, 0.2) is 35.1 Å². The Morgan fingerprint density at radius 1 is 1.25 bits per heavy atom. The number of ether oxygens (including phenoxy) is 1. The van der Waals surface area contributed by atoms with E-state index in [0.717, 1.165) is 22.0 Å². The molecule has 4 aromatic rings. The van der Waals surface area contributed by atoms with Gasteiger partial charge in [-0.15, -0.1) is 0 Å². The Bertz CT molecular complexity index is 1240. The van der Waals surface area contributed by atoms with Crippen LogP contribution in [-0.2, 0) is 17.9 Å². The SMILES string of the molecule is COc1ccc(CNC(=O)Cn2c(C)cc3nc4sc(C)nn4c(=O)c32)cc1. The molecule has 3 heterocycles. The van der Waals surface area contributed by atoms with E-state index in [1.54, 1.807) is 11.7 Å². The minimum absolute atomic E-state index is 0.0393. The van der Waals surface area contributed by atoms with E-state index in [9.17, 15) is 9.59 Å². The van der Waals surface area contributed by atoms with E-state index in [4.69, 9.17) is 4.74 Å². The Morgan fingerprint density at radius 3 is 2.71 bits per heavy atom. The van der Waals surface area contributed by atoms with Crippen molar-refractivity contribution in [1.82, 2.24) is 24.5 Å². The summed E-state index contributed by atoms with van der Waals surface area (Å²) in [6, 6.07) is 9.31. The number of aromatic nitrogens is 4. The number of nitrogens with one attached hydrogen (secondary N) is 1. The third-order valence-electron chi connectivity index (χ3n) is 4.51. The Labute approximate surface area is 164 Å². The number of methoxy groups -OCH3 is 1. The number of amides is 1. The van der Waals surface area contributed by atoms with Crippen LogP contribution in [0, 0.1) is 13.8 Å². The fourth-order valence-corrected chi connectivity index (χ4v) is 3.84. The molecule has 1 aromatic carbocycles. The van der Waals surface area contributed by atoms with Crippen LogP contribution in [0.2, 0.25) is 0 Å². The van der Waals surface area contributed by atoms with Crippen molar-refractivity contribution in [2.75, 3.05) is 7.11 Å². The standard InChI is InChI=1S/C19H19N5O3S/c1-11-8-15-17(18(26)24-19(21-15)28-12(2)22-24)23(11)10-16(25)20-9-13-4-6-14(27-3)7-5-13/h4-8H,9-10H2,1-3H3,(H,20,25). The van der Waals surface area contributed by atoms with Gasteiger partial charge in [0.05, 0.1) is 12.6 Å². The molecule has 0 radical (unpaired) electrons. The van der Waals surface area contributed by atoms with Gasteiger partial charge >= 0.3 is 0 Å². The third kappa shape index (κ3) is 3.24. The summed E-state index contributed by atoms with van der Waals surface area (Å²) in [5.74, 6) is 0.580. The smallest absolute Gasteiger partial charge is 0.299 e. The van der Waals surface area contributed by atoms with Gasteiger partial charge in [0.1, 0.15) is 22.8 Å². The number of hydrogen-bond acceptors (Lipinski definition) is 6. The molecule has 0 aliphatic carbocycles. The van der Waals surface area contributed by atoms with Gasteiger partial charge in [0.25, 0.3) is 5.56 Å². The Morgan fingerprint density at radius 2 is 2.00 bits per heavy atom. The molecule has 1 N–H and O–H groups in total. The van der Waals surface area contributed by atoms with Gasteiger partial charge in [-0.3, -0.25) is 9.59 Å². The van der Waals surface area contributed by atoms with Gasteiger partial charge in [-0.1, -0.05) is 23.5 Å². The summed E-state index contributed by atoms with van der Waals surface area (Å²) in [6.45, 7) is 4.12. The van der Waals surface area contributed by atoms with Crippen LogP contribution >= 0.6 is 11.3 Å². The van der Waals surface area contributed by atoms with Gasteiger partial charge in [-0.25, -0.2) is 4.98 Å². The van der Waals surface area contributed by atoms with E-state index >= 15 is 0 Å². The molecule has 144 valence electrons. The number of hydrogen-bond donors (Lipinski definition) is 1. The van der Waals surface area contributed by atoms with Crippen molar-refractivity contribution in [3.63, 3.8) is 0 Å². The molecule has 0 aliphatic rings. The maximum absolute atomic E-state index is 12.9. The van der Waals surface area contributed by atoms with E-state index in [0.29, 0.717) is 22.5 Å². The summed E-state index contributed by atoms with van der Waals surface area (Å²) in [5, 5.41) is 7.86. The molecule has 28 heavy (non-hydrogen) atoms. The van der Waals surface area contributed by atoms with Crippen LogP contribution in [-0.4, -0.2) is 32.2 Å². The van der Waals surface area contributed by atoms with Crippen molar-refractivity contribution in [2.24, 2.45) is 0 Å². The highest BCUT2D eigenvalue weighted by molar-refractivity contribution is 7.16. The Balaban J connectivity index is 1.58. The normalized spacial score (nSPS) is 11.2. The van der Waals surface area contributed by atoms with Gasteiger partial charge in [0.15, 0.2) is 0 Å². The first-order valence-electron chi connectivity index (χ1n) is 8.72. The fourth-order valence-electron chi connectivity index (χ4n) is 3.10. The van der Waals surface area contributed by atoms with Crippen LogP contribution in [0.1, 0.15) is 16.3 Å². The summed E-state index contributed by atoms with van der Waals surface area (Å²) in [6.07, 6.45) is 0. The van der Waals surface area contributed by atoms with Gasteiger partial charge in [0.2, 0.25) is 10.9 Å². The molecule has 8 nitrogen and oxygen atoms in total. The largest absolute Gasteiger partial charge is 0.497 e. The van der Waals surface area contributed by atoms with Crippen molar-refractivity contribution in [3.05, 3.63) is 57.0 Å². The van der Waals surface area contributed by atoms with E-state index in [1.807, 2.05) is 44.2 Å². The lowest BCUT2D eigenvalue weighted by molar-refractivity contribution is -0.121. The molecule has 4 rings (SSSR count). The Kier molecular flexibility index (Phi) is 4.60. The maximum Gasteiger partial charge on any atom is 0.299 e. The summed E-state index contributed by atoms with van der Waals surface area (Å²) in [7, 11) is 1.61. The highest BCUT2D eigenvalue weighted by Gasteiger charge is 2.17. The minimum atomic E-state index is -0.264. The summed E-state index contributed by atoms with van der Waals surface area (Å²) in [4.78, 5) is 30.4. The number of nitrogens with zero attached hydrogens (tertiary/aromatic N) is 4. The molecule has 0 atom stereocenters. The predicted octanol–water partition coefficient (Wildman–Crippen LogP) is 2.05. The molecule has 0 bridgehead atoms. The zero-order valence-electron chi connectivity index (χ0n) is 15.7. The quantitative estimate of drug-likeness (QED) is 0.557. The average molecular weight is 397 g/mol. The number of benzene rings is 1. The first-order chi connectivity index (χ1) is 13.5. The van der Waals surface area contributed by atoms with Gasteiger partial charge in [-0.2, -0.15) is 9.61 Å². The summed E-state index contributed by atoms with van der Waals surface area (Å²) < 4.78 is 8.12. The Hall–Kier alpha value is -3.20. The third-order valence-corrected chi connectivity index (χ3v) is 5.33. The monoisotopic (exact) mass is 397 g/mol. The van der Waals surface area contributed by atoms with Crippen molar-refractivity contribution in [3.8, 4) is 5.75 Å². The molecule has 0 spiro atoms. The summed E-state index contributed by atoms with van der Waals surface area (Å²) in [5.41, 5.74) is 2.47. The van der Waals surface area contributed by atoms with E-state index in [2.05, 4.69) is 15.4 Å². The predicted molar refractivity (Wildman–Crippen MR) is 107 cm³/mol. The summed E-state index contributed by atoms with van der Waals surface area (Å²) >= 11 is 1.36. The lowest BCUT2D eigenvalue weighted by Gasteiger charge is -2.09. The number of carbonyl (C=O) groups excluding carboxylic acids is 1. The fraction of sp³-hybridized carbons (Fsp3) is 0.263. The van der Waals surface area contributed by atoms with E-state index < -0.39 is 0 Å². The molecule has 0 saturated carbocycles. The number of rotatable bonds is 5. The number of aryl methyl sites for hydroxylation is 2. The molecule has 9 heteroatoms. The zero-order valence-corrected chi connectivity index (χ0v) is 16.5. The molecule has 1 amide bonds. The highest BCUT2D eigenvalue weighted by Crippen LogP contribution is 2.18. The lowest BCUT2D eigenvalue weighted by atomic mass is 10.2. The van der Waals surface area contributed by atoms with Gasteiger partial charge in [-0.05, 0) is 37.6 Å². The van der Waals surface area contributed by atoms with Crippen LogP contribution in [0.4, 0.5) is 0 Å². The maximum atomic E-state index is 12.9. The molecular formula is C19H19N5O3S. The van der Waals surface area contributed by atoms with Crippen LogP contribution in [0.3, 0.4) is 0 Å². The van der Waals surface area contributed by atoms with Gasteiger partial charge < -0.3 is 14.6 Å². The first-order valence-corrected chi connectivity index (χ1v) is 9.54. The second-order valence-corrected chi connectivity index (χ2v) is 7.62. The molecule has 0 unspecified atom stereocenters. The van der Waals surface area contributed by atoms with Crippen LogP contribution in [0.25, 0.3) is 16.0 Å². The average Bonchev–Trinajstić information content (AvgIpc) is 3.20. The van der Waals surface area contributed by atoms with Crippen molar-refractivity contribution >= 4 is 33.2 Å². The zero-order chi connectivity index (χ0) is 19.8. The second-order valence-electron chi connectivity index (χ2n) is 6.46. The van der Waals surface area contributed by atoms with Gasteiger partial charge in [0, 0.05) is 12.2 Å². The molecule has 3 aromatic heterocycles. The number of carbonyl (C=O) groups is 1.